The number of hydrogen-bond donors (Lipinski definition) is 1. The van der Waals surface area contributed by atoms with Crippen molar-refractivity contribution in [3.8, 4) is 5.82 Å². The van der Waals surface area contributed by atoms with Crippen LogP contribution in [0, 0.1) is 13.8 Å². The smallest absolute Gasteiger partial charge is 0.224 e. The normalized spacial score (nSPS) is 10.5. The maximum Gasteiger partial charge on any atom is 0.224 e. The number of nitrogens with zero attached hydrogens (tertiary/aromatic N) is 4. The second-order valence-electron chi connectivity index (χ2n) is 3.40. The van der Waals surface area contributed by atoms with Gasteiger partial charge >= 0.3 is 0 Å². The lowest BCUT2D eigenvalue weighted by Gasteiger charge is -2.08. The number of anilines is 1. The Morgan fingerprint density at radius 3 is 2.62 bits per heavy atom. The Morgan fingerprint density at radius 1 is 1.31 bits per heavy atom. The number of nitrogens with one attached hydrogen (secondary N) is 1. The van der Waals surface area contributed by atoms with Crippen molar-refractivity contribution >= 4 is 21.9 Å². The van der Waals surface area contributed by atoms with Crippen LogP contribution in [-0.4, -0.2) is 26.6 Å². The summed E-state index contributed by atoms with van der Waals surface area (Å²) in [6.45, 7) is 3.98. The van der Waals surface area contributed by atoms with Gasteiger partial charge in [0.25, 0.3) is 0 Å². The second kappa shape index (κ2) is 4.21. The van der Waals surface area contributed by atoms with E-state index in [1.807, 2.05) is 18.4 Å². The molecule has 84 valence electrons. The molecule has 0 spiro atoms. The third-order valence-electron chi connectivity index (χ3n) is 2.43. The molecule has 0 fully saturated rings. The van der Waals surface area contributed by atoms with E-state index in [0.717, 1.165) is 21.7 Å². The van der Waals surface area contributed by atoms with Crippen molar-refractivity contribution in [1.82, 2.24) is 19.5 Å². The third-order valence-corrected chi connectivity index (χ3v) is 2.99. The first-order valence-corrected chi connectivity index (χ1v) is 5.64. The Hall–Kier alpha value is -1.43. The molecule has 2 rings (SSSR count). The fourth-order valence-corrected chi connectivity index (χ4v) is 1.74. The molecule has 16 heavy (non-hydrogen) atoms. The summed E-state index contributed by atoms with van der Waals surface area (Å²) in [4.78, 5) is 12.8. The predicted octanol–water partition coefficient (Wildman–Crippen LogP) is 2.08. The van der Waals surface area contributed by atoms with Gasteiger partial charge in [-0.2, -0.15) is 4.98 Å². The highest BCUT2D eigenvalue weighted by atomic mass is 79.9. The fourth-order valence-electron chi connectivity index (χ4n) is 1.36. The lowest BCUT2D eigenvalue weighted by atomic mass is 10.4. The predicted molar refractivity (Wildman–Crippen MR) is 65.9 cm³/mol. The molecule has 2 heterocycles. The van der Waals surface area contributed by atoms with Crippen LogP contribution >= 0.6 is 15.9 Å². The number of halogens is 1. The number of rotatable bonds is 2. The Balaban J connectivity index is 2.59. The maximum atomic E-state index is 4.39. The lowest BCUT2D eigenvalue weighted by molar-refractivity contribution is 0.928. The zero-order valence-corrected chi connectivity index (χ0v) is 10.9. The zero-order chi connectivity index (χ0) is 11.7. The fraction of sp³-hybridized carbons (Fsp3) is 0.300. The number of imidazole rings is 1. The third kappa shape index (κ3) is 1.80. The molecular formula is C10H12BrN5. The highest BCUT2D eigenvalue weighted by molar-refractivity contribution is 9.10. The zero-order valence-electron chi connectivity index (χ0n) is 9.32. The van der Waals surface area contributed by atoms with E-state index in [0.29, 0.717) is 5.95 Å². The molecule has 0 aliphatic carbocycles. The van der Waals surface area contributed by atoms with Crippen LogP contribution in [0.3, 0.4) is 0 Å². The molecule has 0 bridgehead atoms. The van der Waals surface area contributed by atoms with Gasteiger partial charge in [0.15, 0.2) is 5.82 Å². The van der Waals surface area contributed by atoms with Crippen LogP contribution < -0.4 is 5.32 Å². The Bertz CT molecular complexity index is 520. The first-order chi connectivity index (χ1) is 7.63. The van der Waals surface area contributed by atoms with Crippen molar-refractivity contribution in [3.63, 3.8) is 0 Å². The Kier molecular flexibility index (Phi) is 2.91. The van der Waals surface area contributed by atoms with Gasteiger partial charge < -0.3 is 5.32 Å². The average molecular weight is 282 g/mol. The molecule has 0 aliphatic heterocycles. The number of aryl methyl sites for hydroxylation is 1. The highest BCUT2D eigenvalue weighted by Crippen LogP contribution is 2.21. The van der Waals surface area contributed by atoms with Crippen molar-refractivity contribution in [2.45, 2.75) is 13.8 Å². The molecule has 1 N–H and O–H groups in total. The van der Waals surface area contributed by atoms with Crippen LogP contribution in [-0.2, 0) is 0 Å². The van der Waals surface area contributed by atoms with E-state index >= 15 is 0 Å². The summed E-state index contributed by atoms with van der Waals surface area (Å²) >= 11 is 3.44. The molecule has 0 aliphatic rings. The van der Waals surface area contributed by atoms with E-state index in [4.69, 9.17) is 0 Å². The molecular weight excluding hydrogens is 270 g/mol. The summed E-state index contributed by atoms with van der Waals surface area (Å²) in [7, 11) is 1.79. The SMILES string of the molecule is CNc1ncc(Br)c(-n2cnc(C)c2C)n1. The molecule has 2 aromatic heterocycles. The Labute approximate surface area is 102 Å². The van der Waals surface area contributed by atoms with E-state index in [1.165, 1.54) is 0 Å². The summed E-state index contributed by atoms with van der Waals surface area (Å²) in [5, 5.41) is 2.91. The molecule has 0 unspecified atom stereocenters. The van der Waals surface area contributed by atoms with Gasteiger partial charge in [-0.1, -0.05) is 0 Å². The monoisotopic (exact) mass is 281 g/mol. The van der Waals surface area contributed by atoms with Crippen LogP contribution in [0.5, 0.6) is 0 Å². The molecule has 0 amide bonds. The number of aromatic nitrogens is 4. The molecule has 6 heteroatoms. The van der Waals surface area contributed by atoms with E-state index in [1.54, 1.807) is 19.6 Å². The van der Waals surface area contributed by atoms with Gasteiger partial charge in [0.05, 0.1) is 10.2 Å². The van der Waals surface area contributed by atoms with Crippen LogP contribution in [0.25, 0.3) is 5.82 Å². The van der Waals surface area contributed by atoms with E-state index in [2.05, 4.69) is 36.2 Å². The molecule has 2 aromatic rings. The second-order valence-corrected chi connectivity index (χ2v) is 4.25. The first kappa shape index (κ1) is 11.1. The van der Waals surface area contributed by atoms with Crippen molar-refractivity contribution in [1.29, 1.82) is 0 Å². The standard InChI is InChI=1S/C10H12BrN5/c1-6-7(2)16(5-14-6)9-8(11)4-13-10(12-3)15-9/h4-5H,1-3H3,(H,12,13,15). The minimum absolute atomic E-state index is 0.587. The highest BCUT2D eigenvalue weighted by Gasteiger charge is 2.10. The summed E-state index contributed by atoms with van der Waals surface area (Å²) in [5.41, 5.74) is 2.07. The van der Waals surface area contributed by atoms with Crippen LogP contribution in [0.2, 0.25) is 0 Å². The van der Waals surface area contributed by atoms with Gasteiger partial charge in [0.1, 0.15) is 6.33 Å². The summed E-state index contributed by atoms with van der Waals surface area (Å²) in [6, 6.07) is 0. The van der Waals surface area contributed by atoms with Gasteiger partial charge in [-0.25, -0.2) is 9.97 Å². The maximum absolute atomic E-state index is 4.39. The number of hydrogen-bond acceptors (Lipinski definition) is 4. The van der Waals surface area contributed by atoms with E-state index < -0.39 is 0 Å². The molecule has 5 nitrogen and oxygen atoms in total. The van der Waals surface area contributed by atoms with Crippen molar-refractivity contribution < 1.29 is 0 Å². The minimum atomic E-state index is 0.587. The molecule has 0 saturated carbocycles. The molecule has 0 radical (unpaired) electrons. The van der Waals surface area contributed by atoms with E-state index in [9.17, 15) is 0 Å². The van der Waals surface area contributed by atoms with Gasteiger partial charge in [-0.15, -0.1) is 0 Å². The van der Waals surface area contributed by atoms with Crippen LogP contribution in [0.15, 0.2) is 17.0 Å². The van der Waals surface area contributed by atoms with Crippen LogP contribution in [0.1, 0.15) is 11.4 Å². The lowest BCUT2D eigenvalue weighted by Crippen LogP contribution is -2.04. The van der Waals surface area contributed by atoms with Crippen molar-refractivity contribution in [3.05, 3.63) is 28.4 Å². The summed E-state index contributed by atoms with van der Waals surface area (Å²) < 4.78 is 2.77. The summed E-state index contributed by atoms with van der Waals surface area (Å²) in [5.74, 6) is 1.38. The average Bonchev–Trinajstić information content (AvgIpc) is 2.61. The molecule has 0 saturated heterocycles. The molecule has 0 atom stereocenters. The Morgan fingerprint density at radius 2 is 2.06 bits per heavy atom. The van der Waals surface area contributed by atoms with Gasteiger partial charge in [-0.05, 0) is 29.8 Å². The summed E-state index contributed by atoms with van der Waals surface area (Å²) in [6.07, 6.45) is 3.49. The van der Waals surface area contributed by atoms with Crippen molar-refractivity contribution in [2.24, 2.45) is 0 Å². The van der Waals surface area contributed by atoms with Crippen LogP contribution in [0.4, 0.5) is 5.95 Å². The first-order valence-electron chi connectivity index (χ1n) is 4.84. The van der Waals surface area contributed by atoms with E-state index in [-0.39, 0.29) is 0 Å². The van der Waals surface area contributed by atoms with Gasteiger partial charge in [-0.3, -0.25) is 4.57 Å². The van der Waals surface area contributed by atoms with Gasteiger partial charge in [0, 0.05) is 18.9 Å². The minimum Gasteiger partial charge on any atom is -0.357 e. The van der Waals surface area contributed by atoms with Gasteiger partial charge in [0.2, 0.25) is 5.95 Å². The molecule has 0 aromatic carbocycles. The van der Waals surface area contributed by atoms with Crippen molar-refractivity contribution in [2.75, 3.05) is 12.4 Å². The largest absolute Gasteiger partial charge is 0.357 e. The quantitative estimate of drug-likeness (QED) is 0.916. The topological polar surface area (TPSA) is 55.6 Å².